The third kappa shape index (κ3) is 2.88. The van der Waals surface area contributed by atoms with Gasteiger partial charge in [-0.1, -0.05) is 6.07 Å². The molecule has 0 saturated carbocycles. The van der Waals surface area contributed by atoms with Crippen LogP contribution in [-0.4, -0.2) is 11.0 Å². The first kappa shape index (κ1) is 12.6. The van der Waals surface area contributed by atoms with Crippen LogP contribution in [0.4, 0.5) is 5.69 Å². The largest absolute Gasteiger partial charge is 0.364 e. The van der Waals surface area contributed by atoms with Crippen molar-refractivity contribution in [2.45, 2.75) is 26.4 Å². The van der Waals surface area contributed by atoms with E-state index in [4.69, 9.17) is 5.26 Å². The van der Waals surface area contributed by atoms with E-state index in [2.05, 4.69) is 47.3 Å². The van der Waals surface area contributed by atoms with Crippen LogP contribution in [-0.2, 0) is 6.54 Å². The predicted molar refractivity (Wildman–Crippen MR) is 74.6 cm³/mol. The molecule has 0 aliphatic carbocycles. The van der Waals surface area contributed by atoms with Crippen LogP contribution in [0.1, 0.15) is 24.4 Å². The Labute approximate surface area is 111 Å². The van der Waals surface area contributed by atoms with Gasteiger partial charge >= 0.3 is 0 Å². The second kappa shape index (κ2) is 5.65. The van der Waals surface area contributed by atoms with Crippen LogP contribution in [0.5, 0.6) is 0 Å². The van der Waals surface area contributed by atoms with Crippen LogP contribution in [0.15, 0.2) is 35.8 Å². The summed E-state index contributed by atoms with van der Waals surface area (Å²) in [6.45, 7) is 5.17. The zero-order valence-corrected chi connectivity index (χ0v) is 11.3. The molecule has 0 aromatic carbocycles. The molecular formula is C14H15N3S. The number of thiophene rings is 1. The molecule has 0 radical (unpaired) electrons. The van der Waals surface area contributed by atoms with E-state index in [-0.39, 0.29) is 0 Å². The van der Waals surface area contributed by atoms with E-state index in [0.29, 0.717) is 11.7 Å². The van der Waals surface area contributed by atoms with E-state index in [1.165, 1.54) is 4.88 Å². The fourth-order valence-corrected chi connectivity index (χ4v) is 2.50. The van der Waals surface area contributed by atoms with E-state index in [0.717, 1.165) is 12.2 Å². The maximum absolute atomic E-state index is 8.91. The minimum Gasteiger partial charge on any atom is -0.364 e. The van der Waals surface area contributed by atoms with Gasteiger partial charge in [0.05, 0.1) is 6.54 Å². The van der Waals surface area contributed by atoms with Gasteiger partial charge < -0.3 is 4.90 Å². The number of nitriles is 1. The van der Waals surface area contributed by atoms with E-state index in [1.807, 2.05) is 12.1 Å². The fraction of sp³-hybridized carbons (Fsp3) is 0.286. The summed E-state index contributed by atoms with van der Waals surface area (Å²) in [7, 11) is 0. The SMILES string of the molecule is CC(C)N(Cc1cccs1)c1ccnc(C#N)c1. The predicted octanol–water partition coefficient (Wildman–Crippen LogP) is 3.43. The molecule has 0 bridgehead atoms. The molecule has 2 heterocycles. The van der Waals surface area contributed by atoms with Crippen molar-refractivity contribution >= 4 is 17.0 Å². The highest BCUT2D eigenvalue weighted by Crippen LogP contribution is 2.22. The van der Waals surface area contributed by atoms with Gasteiger partial charge in [0.15, 0.2) is 0 Å². The molecule has 0 aliphatic rings. The van der Waals surface area contributed by atoms with Gasteiger partial charge in [-0.15, -0.1) is 11.3 Å². The standard InChI is InChI=1S/C14H15N3S/c1-11(2)17(10-14-4-3-7-18-14)13-5-6-16-12(8-13)9-15/h3-8,11H,10H2,1-2H3. The molecule has 92 valence electrons. The zero-order chi connectivity index (χ0) is 13.0. The highest BCUT2D eigenvalue weighted by atomic mass is 32.1. The quantitative estimate of drug-likeness (QED) is 0.842. The van der Waals surface area contributed by atoms with Crippen molar-refractivity contribution in [2.24, 2.45) is 0 Å². The number of hydrogen-bond donors (Lipinski definition) is 0. The molecule has 2 rings (SSSR count). The first-order valence-electron chi connectivity index (χ1n) is 5.86. The van der Waals surface area contributed by atoms with E-state index in [9.17, 15) is 0 Å². The molecule has 0 aliphatic heterocycles. The molecule has 2 aromatic rings. The van der Waals surface area contributed by atoms with Crippen molar-refractivity contribution in [3.8, 4) is 6.07 Å². The summed E-state index contributed by atoms with van der Waals surface area (Å²) in [5.74, 6) is 0. The summed E-state index contributed by atoms with van der Waals surface area (Å²) >= 11 is 1.75. The summed E-state index contributed by atoms with van der Waals surface area (Å²) in [4.78, 5) is 7.60. The molecule has 0 amide bonds. The molecule has 0 saturated heterocycles. The average molecular weight is 257 g/mol. The Balaban J connectivity index is 2.27. The van der Waals surface area contributed by atoms with Gasteiger partial charge in [-0.2, -0.15) is 5.26 Å². The van der Waals surface area contributed by atoms with Gasteiger partial charge in [-0.05, 0) is 37.4 Å². The van der Waals surface area contributed by atoms with E-state index < -0.39 is 0 Å². The van der Waals surface area contributed by atoms with Crippen LogP contribution >= 0.6 is 11.3 Å². The van der Waals surface area contributed by atoms with Crippen molar-refractivity contribution in [1.29, 1.82) is 5.26 Å². The Bertz CT molecular complexity index is 540. The molecule has 2 aromatic heterocycles. The second-order valence-corrected chi connectivity index (χ2v) is 5.34. The lowest BCUT2D eigenvalue weighted by Gasteiger charge is -2.28. The molecule has 18 heavy (non-hydrogen) atoms. The number of hydrogen-bond acceptors (Lipinski definition) is 4. The number of pyridine rings is 1. The maximum Gasteiger partial charge on any atom is 0.142 e. The molecule has 0 N–H and O–H groups in total. The van der Waals surface area contributed by atoms with Crippen molar-refractivity contribution < 1.29 is 0 Å². The molecule has 4 heteroatoms. The lowest BCUT2D eigenvalue weighted by Crippen LogP contribution is -2.29. The second-order valence-electron chi connectivity index (χ2n) is 4.31. The van der Waals surface area contributed by atoms with Crippen LogP contribution in [0.3, 0.4) is 0 Å². The monoisotopic (exact) mass is 257 g/mol. The lowest BCUT2D eigenvalue weighted by molar-refractivity contribution is 0.686. The Kier molecular flexibility index (Phi) is 3.96. The third-order valence-electron chi connectivity index (χ3n) is 2.72. The molecule has 0 spiro atoms. The van der Waals surface area contributed by atoms with Gasteiger partial charge in [-0.3, -0.25) is 0 Å². The normalized spacial score (nSPS) is 10.3. The Morgan fingerprint density at radius 2 is 2.28 bits per heavy atom. The van der Waals surface area contributed by atoms with E-state index >= 15 is 0 Å². The van der Waals surface area contributed by atoms with Crippen LogP contribution in [0.25, 0.3) is 0 Å². The summed E-state index contributed by atoms with van der Waals surface area (Å²) < 4.78 is 0. The van der Waals surface area contributed by atoms with Crippen molar-refractivity contribution in [2.75, 3.05) is 4.90 Å². The summed E-state index contributed by atoms with van der Waals surface area (Å²) in [6.07, 6.45) is 1.69. The van der Waals surface area contributed by atoms with Gasteiger partial charge in [0.1, 0.15) is 11.8 Å². The van der Waals surface area contributed by atoms with E-state index in [1.54, 1.807) is 17.5 Å². The zero-order valence-electron chi connectivity index (χ0n) is 10.5. The van der Waals surface area contributed by atoms with Gasteiger partial charge in [0.25, 0.3) is 0 Å². The van der Waals surface area contributed by atoms with Crippen LogP contribution in [0.2, 0.25) is 0 Å². The number of anilines is 1. The average Bonchev–Trinajstić information content (AvgIpc) is 2.88. The summed E-state index contributed by atoms with van der Waals surface area (Å²) in [6, 6.07) is 10.4. The highest BCUT2D eigenvalue weighted by molar-refractivity contribution is 7.09. The van der Waals surface area contributed by atoms with Gasteiger partial charge in [0, 0.05) is 22.8 Å². The Morgan fingerprint density at radius 3 is 2.89 bits per heavy atom. The maximum atomic E-state index is 8.91. The topological polar surface area (TPSA) is 39.9 Å². The third-order valence-corrected chi connectivity index (χ3v) is 3.58. The molecule has 0 atom stereocenters. The lowest BCUT2D eigenvalue weighted by atomic mass is 10.2. The Morgan fingerprint density at radius 1 is 1.44 bits per heavy atom. The minimum atomic E-state index is 0.376. The van der Waals surface area contributed by atoms with Crippen LogP contribution < -0.4 is 4.90 Å². The molecular weight excluding hydrogens is 242 g/mol. The molecule has 0 unspecified atom stereocenters. The molecule has 3 nitrogen and oxygen atoms in total. The van der Waals surface area contributed by atoms with Gasteiger partial charge in [-0.25, -0.2) is 4.98 Å². The van der Waals surface area contributed by atoms with Crippen LogP contribution in [0, 0.1) is 11.3 Å². The first-order valence-corrected chi connectivity index (χ1v) is 6.74. The number of rotatable bonds is 4. The Hall–Kier alpha value is -1.86. The fourth-order valence-electron chi connectivity index (χ4n) is 1.80. The summed E-state index contributed by atoms with van der Waals surface area (Å²) in [5.41, 5.74) is 1.51. The van der Waals surface area contributed by atoms with Crippen molar-refractivity contribution in [1.82, 2.24) is 4.98 Å². The van der Waals surface area contributed by atoms with Gasteiger partial charge in [0.2, 0.25) is 0 Å². The van der Waals surface area contributed by atoms with Crippen molar-refractivity contribution in [3.05, 3.63) is 46.4 Å². The number of nitrogens with zero attached hydrogens (tertiary/aromatic N) is 3. The smallest absolute Gasteiger partial charge is 0.142 e. The highest BCUT2D eigenvalue weighted by Gasteiger charge is 2.12. The molecule has 0 fully saturated rings. The van der Waals surface area contributed by atoms with Crippen molar-refractivity contribution in [3.63, 3.8) is 0 Å². The summed E-state index contributed by atoms with van der Waals surface area (Å²) in [5, 5.41) is 11.0. The first-order chi connectivity index (χ1) is 8.70. The minimum absolute atomic E-state index is 0.376. The number of aromatic nitrogens is 1.